The first-order chi connectivity index (χ1) is 58.0. The van der Waals surface area contributed by atoms with Crippen molar-refractivity contribution in [2.75, 3.05) is 13.2 Å². The van der Waals surface area contributed by atoms with E-state index in [2.05, 4.69) is 0 Å². The van der Waals surface area contributed by atoms with Gasteiger partial charge in [-0.15, -0.1) is 0 Å². The van der Waals surface area contributed by atoms with Crippen LogP contribution in [-0.2, 0) is 42.6 Å². The van der Waals surface area contributed by atoms with Gasteiger partial charge in [0.05, 0.1) is 45.2 Å². The number of esters is 7. The Kier molecular flexibility index (Phi) is 20.5. The van der Waals surface area contributed by atoms with Crippen LogP contribution < -0.4 is 20.7 Å². The molecule has 2 fully saturated rings. The molecule has 0 spiro atoms. The topological polar surface area (TPSA) is 807 Å². The van der Waals surface area contributed by atoms with Gasteiger partial charge >= 0.3 is 53.0 Å². The maximum Gasteiger partial charge on any atom is 0.344 e. The molecule has 14 rings (SSSR count). The molecule has 11 aromatic rings. The summed E-state index contributed by atoms with van der Waals surface area (Å²) in [7, 11) is 0. The highest BCUT2D eigenvalue weighted by atomic mass is 16.8. The molecule has 9 aromatic carbocycles. The quantitative estimate of drug-likeness (QED) is 0.0230. The number of carbonyl (C=O) groups is 7. The SMILES string of the molecule is O=C(O[C@@H]1[C@@H](OC(=O)c2cc(O)c(O)c(O)c2)[C@H](OC(=O)c2cc(O)c(O)c(O)c2Oc2cc3c(=O)oc4c(O)c(O)cc5c(=O)oc(c2O)c3c45)O[C@@H]2COC(=O)c3cc(O)c(O)c(O)c3-c3c(cc(Oc4c(C(=O)O[C@@H]5[C@@H](OC(=O)c6cc(O)c(O)c(O)c6)[C@H](O)[C@@H](CO)O[C@H]5O)cc(O)c(O)c4O)c(O)c3O)C(=O)O[C@@H]12)c1cc(O)c(O)c(O)c1. The number of hydrogen-bond acceptors (Lipinski definition) is 48. The van der Waals surface area contributed by atoms with Gasteiger partial charge in [-0.3, -0.25) is 0 Å². The van der Waals surface area contributed by atoms with Crippen LogP contribution in [0.15, 0.2) is 91.2 Å². The fraction of sp³-hybridized carbons (Fsp3) is 0.160. The Balaban J connectivity index is 0.909. The number of hydrogen-bond donors (Lipinski definition) is 26. The molecule has 5 heterocycles. The van der Waals surface area contributed by atoms with Gasteiger partial charge in [-0.25, -0.2) is 43.2 Å². The fourth-order valence-corrected chi connectivity index (χ4v) is 13.2. The number of aliphatic hydroxyl groups is 3. The average molecular weight is 1720 g/mol. The van der Waals surface area contributed by atoms with E-state index in [1.54, 1.807) is 0 Å². The number of benzene rings is 9. The van der Waals surface area contributed by atoms with Gasteiger partial charge < -0.3 is 194 Å². The van der Waals surface area contributed by atoms with E-state index in [9.17, 15) is 166 Å². The molecular formula is C75H52O48. The van der Waals surface area contributed by atoms with Crippen LogP contribution in [0.2, 0.25) is 0 Å². The predicted octanol–water partition coefficient (Wildman–Crippen LogP) is 2.52. The monoisotopic (exact) mass is 1720 g/mol. The lowest BCUT2D eigenvalue weighted by Gasteiger charge is -2.43. The van der Waals surface area contributed by atoms with Crippen molar-refractivity contribution in [3.05, 3.63) is 133 Å². The normalized spacial score (nSPS) is 19.4. The van der Waals surface area contributed by atoms with Crippen molar-refractivity contribution in [1.29, 1.82) is 0 Å². The van der Waals surface area contributed by atoms with Gasteiger partial charge in [0.15, 0.2) is 151 Å². The first kappa shape index (κ1) is 82.5. The molecule has 2 aromatic heterocycles. The third-order valence-electron chi connectivity index (χ3n) is 19.1. The third kappa shape index (κ3) is 14.0. The van der Waals surface area contributed by atoms with Crippen LogP contribution >= 0.6 is 0 Å². The summed E-state index contributed by atoms with van der Waals surface area (Å²) >= 11 is 0. The lowest BCUT2D eigenvalue weighted by Crippen LogP contribution is -2.63. The zero-order valence-corrected chi connectivity index (χ0v) is 60.2. The minimum atomic E-state index is -3.09. The Morgan fingerprint density at radius 3 is 1.24 bits per heavy atom. The maximum absolute atomic E-state index is 15.8. The van der Waals surface area contributed by atoms with Gasteiger partial charge in [-0.05, 0) is 48.5 Å². The molecule has 2 saturated heterocycles. The molecule has 0 saturated carbocycles. The van der Waals surface area contributed by atoms with Gasteiger partial charge in [0.25, 0.3) is 0 Å². The van der Waals surface area contributed by atoms with Gasteiger partial charge in [0, 0.05) is 46.2 Å². The Bertz CT molecular complexity index is 6450. The summed E-state index contributed by atoms with van der Waals surface area (Å²) in [5, 5.41) is 281. The lowest BCUT2D eigenvalue weighted by molar-refractivity contribution is -0.285. The van der Waals surface area contributed by atoms with E-state index < -0.39 is 366 Å². The number of cyclic esters (lactones) is 1. The van der Waals surface area contributed by atoms with E-state index in [0.717, 1.165) is 0 Å². The summed E-state index contributed by atoms with van der Waals surface area (Å²) < 4.78 is 72.4. The largest absolute Gasteiger partial charge is 0.504 e. The number of ether oxygens (including phenoxy) is 11. The van der Waals surface area contributed by atoms with Crippen LogP contribution in [-0.4, -0.2) is 249 Å². The van der Waals surface area contributed by atoms with Crippen molar-refractivity contribution < 1.29 is 227 Å². The molecule has 0 unspecified atom stereocenters. The predicted molar refractivity (Wildman–Crippen MR) is 384 cm³/mol. The molecule has 48 heteroatoms. The van der Waals surface area contributed by atoms with Gasteiger partial charge in [-0.2, -0.15) is 0 Å². The Morgan fingerprint density at radius 2 is 0.756 bits per heavy atom. The molecule has 640 valence electrons. The number of aromatic hydroxyl groups is 23. The first-order valence-corrected chi connectivity index (χ1v) is 34.2. The number of fused-ring (bicyclic) bond motifs is 4. The summed E-state index contributed by atoms with van der Waals surface area (Å²) in [6.45, 7) is -2.85. The summed E-state index contributed by atoms with van der Waals surface area (Å²) in [5.41, 5.74) is -16.4. The second-order valence-electron chi connectivity index (χ2n) is 26.6. The molecule has 0 amide bonds. The smallest absolute Gasteiger partial charge is 0.344 e. The molecule has 0 bridgehead atoms. The summed E-state index contributed by atoms with van der Waals surface area (Å²) in [4.78, 5) is 131. The van der Waals surface area contributed by atoms with Crippen molar-refractivity contribution in [3.63, 3.8) is 0 Å². The van der Waals surface area contributed by atoms with Crippen LogP contribution in [0.1, 0.15) is 72.5 Å². The van der Waals surface area contributed by atoms with Gasteiger partial charge in [0.2, 0.25) is 58.4 Å². The fourth-order valence-electron chi connectivity index (χ4n) is 13.2. The molecule has 123 heavy (non-hydrogen) atoms. The van der Waals surface area contributed by atoms with E-state index in [1.165, 1.54) is 0 Å². The molecule has 3 aliphatic heterocycles. The van der Waals surface area contributed by atoms with E-state index >= 15 is 9.59 Å². The number of phenols is 23. The zero-order chi connectivity index (χ0) is 89.3. The highest BCUT2D eigenvalue weighted by Gasteiger charge is 2.57. The standard InChI is InChI=1S/C75H52O48/c76-13-36-51(96)61(119-65(101)15-1-24(77)42(87)25(78)2-15)63(74(110)114-36)121-72(108)22-9-31(84)46(91)54(99)56(22)112-34-11-20-39(53(98)49(34)94)38-18(7-30(83)45(90)52(38)97)68(104)111-14-37-58(116-70(20)106)62(120-66(102)16-3-26(79)43(88)27(80)4-16)64(122-67(103)17-5-28(81)44(89)29(82)6-17)75(115-37)123-73(109)23-10-32(85)47(92)55(100)57(23)113-35-12-21-41-40-19(69(105)118-60(41)50(35)95)8-33(86)48(93)59(40)117-71(21)107/h1-12,36-37,51,58,61-64,74-100,110H,13-14H2/t36-,37-,51-,58-,61+,62+,63-,64-,74-,75+/m1/s1. The van der Waals surface area contributed by atoms with E-state index in [-0.39, 0.29) is 24.3 Å². The van der Waals surface area contributed by atoms with Crippen molar-refractivity contribution in [3.8, 4) is 166 Å². The van der Waals surface area contributed by atoms with Crippen molar-refractivity contribution in [2.45, 2.75) is 61.4 Å². The van der Waals surface area contributed by atoms with Crippen LogP contribution in [0.4, 0.5) is 0 Å². The molecule has 0 aliphatic carbocycles. The average Bonchev–Trinajstić information content (AvgIpc) is 0.767. The minimum Gasteiger partial charge on any atom is -0.504 e. The third-order valence-corrected chi connectivity index (χ3v) is 19.1. The van der Waals surface area contributed by atoms with Crippen LogP contribution in [0.5, 0.6) is 155 Å². The molecule has 10 atom stereocenters. The van der Waals surface area contributed by atoms with Crippen LogP contribution in [0.3, 0.4) is 0 Å². The Hall–Kier alpha value is -17.0. The highest BCUT2D eigenvalue weighted by molar-refractivity contribution is 6.22. The van der Waals surface area contributed by atoms with Gasteiger partial charge in [-0.1, -0.05) is 0 Å². The van der Waals surface area contributed by atoms with Crippen LogP contribution in [0.25, 0.3) is 43.8 Å². The van der Waals surface area contributed by atoms with E-state index in [4.69, 9.17) is 60.9 Å². The lowest BCUT2D eigenvalue weighted by atomic mass is 9.91. The van der Waals surface area contributed by atoms with Crippen molar-refractivity contribution in [2.24, 2.45) is 0 Å². The molecular weight excluding hydrogens is 1670 g/mol. The summed E-state index contributed by atoms with van der Waals surface area (Å²) in [5.74, 6) is -53.1. The van der Waals surface area contributed by atoms with E-state index in [1.807, 2.05) is 0 Å². The first-order valence-electron chi connectivity index (χ1n) is 34.2. The second kappa shape index (κ2) is 30.5. The summed E-state index contributed by atoms with van der Waals surface area (Å²) in [6, 6.07) is 4.52. The highest BCUT2D eigenvalue weighted by Crippen LogP contribution is 2.58. The Morgan fingerprint density at radius 1 is 0.366 bits per heavy atom. The van der Waals surface area contributed by atoms with Crippen molar-refractivity contribution >= 4 is 74.5 Å². The van der Waals surface area contributed by atoms with Gasteiger partial charge in [0.1, 0.15) is 36.0 Å². The number of aliphatic hydroxyl groups excluding tert-OH is 3. The molecule has 26 N–H and O–H groups in total. The number of phenolic OH excluding ortho intramolecular Hbond substituents is 23. The minimum absolute atomic E-state index is 0.139. The maximum atomic E-state index is 15.8. The molecule has 48 nitrogen and oxygen atoms in total. The number of carbonyl (C=O) groups excluding carboxylic acids is 7. The van der Waals surface area contributed by atoms with Crippen LogP contribution in [0, 0.1) is 0 Å². The molecule has 0 radical (unpaired) electrons. The second-order valence-corrected chi connectivity index (χ2v) is 26.6. The zero-order valence-electron chi connectivity index (χ0n) is 60.2. The molecule has 3 aliphatic rings. The van der Waals surface area contributed by atoms with E-state index in [0.29, 0.717) is 48.5 Å². The Labute approximate surface area is 673 Å². The summed E-state index contributed by atoms with van der Waals surface area (Å²) in [6.07, 6.45) is -26.7. The number of rotatable bonds is 15. The van der Waals surface area contributed by atoms with Crippen molar-refractivity contribution in [1.82, 2.24) is 0 Å².